The van der Waals surface area contributed by atoms with Gasteiger partial charge in [-0.1, -0.05) is 6.07 Å². The molecule has 86 valence electrons. The Balaban J connectivity index is 2.23. The summed E-state index contributed by atoms with van der Waals surface area (Å²) in [6, 6.07) is 5.53. The molecule has 0 spiro atoms. The predicted octanol–water partition coefficient (Wildman–Crippen LogP) is 1.84. The lowest BCUT2D eigenvalue weighted by Gasteiger charge is -1.96. The van der Waals surface area contributed by atoms with Crippen LogP contribution in [0.2, 0.25) is 0 Å². The Morgan fingerprint density at radius 3 is 3.00 bits per heavy atom. The van der Waals surface area contributed by atoms with Crippen molar-refractivity contribution in [2.45, 2.75) is 0 Å². The third-order valence-corrected chi connectivity index (χ3v) is 3.28. The van der Waals surface area contributed by atoms with Crippen molar-refractivity contribution in [2.75, 3.05) is 5.73 Å². The van der Waals surface area contributed by atoms with E-state index in [1.54, 1.807) is 13.1 Å². The number of nitrogens with two attached hydrogens (primary N) is 1. The number of aromatic nitrogens is 2. The quantitative estimate of drug-likeness (QED) is 0.712. The number of anilines is 1. The lowest BCUT2D eigenvalue weighted by Crippen LogP contribution is -2.08. The zero-order valence-corrected chi connectivity index (χ0v) is 9.82. The Hall–Kier alpha value is -2.08. The minimum absolute atomic E-state index is 0.366. The molecular weight excluding hydrogens is 238 g/mol. The van der Waals surface area contributed by atoms with Crippen molar-refractivity contribution in [2.24, 2.45) is 7.05 Å². The van der Waals surface area contributed by atoms with Crippen LogP contribution >= 0.6 is 11.3 Å². The summed E-state index contributed by atoms with van der Waals surface area (Å²) in [6.07, 6.45) is 0. The van der Waals surface area contributed by atoms with E-state index in [0.717, 1.165) is 16.8 Å². The van der Waals surface area contributed by atoms with E-state index in [1.807, 2.05) is 17.5 Å². The Morgan fingerprint density at radius 2 is 2.29 bits per heavy atom. The molecule has 3 aromatic rings. The number of thiazole rings is 1. The minimum atomic E-state index is -0.366. The summed E-state index contributed by atoms with van der Waals surface area (Å²) in [5.41, 5.74) is 8.59. The van der Waals surface area contributed by atoms with E-state index in [0.29, 0.717) is 10.7 Å². The van der Waals surface area contributed by atoms with Crippen LogP contribution < -0.4 is 11.5 Å². The lowest BCUT2D eigenvalue weighted by molar-refractivity contribution is 0.528. The molecule has 3 rings (SSSR count). The van der Waals surface area contributed by atoms with Crippen molar-refractivity contribution >= 4 is 27.6 Å². The molecule has 0 saturated heterocycles. The predicted molar refractivity (Wildman–Crippen MR) is 67.0 cm³/mol. The highest BCUT2D eigenvalue weighted by Crippen LogP contribution is 2.25. The molecule has 1 aromatic carbocycles. The normalized spacial score (nSPS) is 11.1. The van der Waals surface area contributed by atoms with Crippen molar-refractivity contribution in [1.29, 1.82) is 0 Å². The van der Waals surface area contributed by atoms with Crippen molar-refractivity contribution in [3.05, 3.63) is 34.1 Å². The second-order valence-corrected chi connectivity index (χ2v) is 4.57. The number of nitrogen functional groups attached to an aromatic ring is 1. The van der Waals surface area contributed by atoms with Gasteiger partial charge in [-0.3, -0.25) is 4.57 Å². The molecule has 2 heterocycles. The van der Waals surface area contributed by atoms with E-state index < -0.39 is 0 Å². The molecule has 0 amide bonds. The summed E-state index contributed by atoms with van der Waals surface area (Å²) >= 11 is 1.38. The summed E-state index contributed by atoms with van der Waals surface area (Å²) in [5.74, 6) is -0.366. The topological polar surface area (TPSA) is 74.0 Å². The Bertz CT molecular complexity index is 754. The van der Waals surface area contributed by atoms with Crippen molar-refractivity contribution in [3.63, 3.8) is 0 Å². The zero-order chi connectivity index (χ0) is 12.0. The van der Waals surface area contributed by atoms with Crippen molar-refractivity contribution in [1.82, 2.24) is 9.55 Å². The second kappa shape index (κ2) is 3.46. The lowest BCUT2D eigenvalue weighted by atomic mass is 10.1. The zero-order valence-electron chi connectivity index (χ0n) is 9.01. The molecule has 0 bridgehead atoms. The van der Waals surface area contributed by atoms with Crippen LogP contribution in [0.15, 0.2) is 32.8 Å². The Labute approximate surface area is 100 Å². The highest BCUT2D eigenvalue weighted by molar-refractivity contribution is 7.13. The van der Waals surface area contributed by atoms with Gasteiger partial charge in [0, 0.05) is 18.0 Å². The average Bonchev–Trinajstić information content (AvgIpc) is 2.85. The molecule has 2 aromatic heterocycles. The van der Waals surface area contributed by atoms with E-state index in [1.165, 1.54) is 15.9 Å². The van der Waals surface area contributed by atoms with E-state index in [9.17, 15) is 4.79 Å². The smallest absolute Gasteiger partial charge is 0.408 e. The highest BCUT2D eigenvalue weighted by atomic mass is 32.1. The molecule has 17 heavy (non-hydrogen) atoms. The van der Waals surface area contributed by atoms with E-state index in [4.69, 9.17) is 10.2 Å². The average molecular weight is 247 g/mol. The molecule has 6 heteroatoms. The number of rotatable bonds is 1. The molecular formula is C11H9N3O2S. The monoisotopic (exact) mass is 247 g/mol. The van der Waals surface area contributed by atoms with Crippen molar-refractivity contribution < 1.29 is 4.42 Å². The Kier molecular flexibility index (Phi) is 2.05. The van der Waals surface area contributed by atoms with Gasteiger partial charge < -0.3 is 10.2 Å². The number of benzene rings is 1. The fourth-order valence-electron chi connectivity index (χ4n) is 1.71. The van der Waals surface area contributed by atoms with E-state index in [2.05, 4.69) is 4.98 Å². The van der Waals surface area contributed by atoms with Crippen LogP contribution in [-0.4, -0.2) is 9.55 Å². The maximum atomic E-state index is 11.4. The molecule has 0 unspecified atom stereocenters. The van der Waals surface area contributed by atoms with Gasteiger partial charge in [0.15, 0.2) is 10.7 Å². The number of hydrogen-bond donors (Lipinski definition) is 1. The molecule has 2 N–H and O–H groups in total. The fraction of sp³-hybridized carbons (Fsp3) is 0.0909. The SMILES string of the molecule is Cn1c(=O)oc2cc(-c3csc(N)n3)ccc21. The summed E-state index contributed by atoms with van der Waals surface area (Å²) < 4.78 is 6.59. The molecule has 0 aliphatic rings. The summed E-state index contributed by atoms with van der Waals surface area (Å²) in [5, 5.41) is 2.40. The van der Waals surface area contributed by atoms with Gasteiger partial charge in [-0.25, -0.2) is 9.78 Å². The molecule has 0 fully saturated rings. The molecule has 0 radical (unpaired) electrons. The molecule has 0 atom stereocenters. The van der Waals surface area contributed by atoms with Crippen LogP contribution in [0.25, 0.3) is 22.4 Å². The van der Waals surface area contributed by atoms with Crippen LogP contribution in [0.1, 0.15) is 0 Å². The minimum Gasteiger partial charge on any atom is -0.408 e. The third kappa shape index (κ3) is 1.53. The second-order valence-electron chi connectivity index (χ2n) is 3.68. The van der Waals surface area contributed by atoms with E-state index >= 15 is 0 Å². The highest BCUT2D eigenvalue weighted by Gasteiger charge is 2.08. The summed E-state index contributed by atoms with van der Waals surface area (Å²) in [7, 11) is 1.68. The number of oxazole rings is 1. The first-order valence-corrected chi connectivity index (χ1v) is 5.84. The van der Waals surface area contributed by atoms with Gasteiger partial charge in [-0.05, 0) is 12.1 Å². The number of fused-ring (bicyclic) bond motifs is 1. The molecule has 5 nitrogen and oxygen atoms in total. The van der Waals surface area contributed by atoms with Crippen LogP contribution in [-0.2, 0) is 7.05 Å². The standard InChI is InChI=1S/C11H9N3O2S/c1-14-8-3-2-6(4-9(8)16-11(14)15)7-5-17-10(12)13-7/h2-5H,1H3,(H2,12,13). The van der Waals surface area contributed by atoms with Gasteiger partial charge in [0.25, 0.3) is 0 Å². The van der Waals surface area contributed by atoms with E-state index in [-0.39, 0.29) is 5.76 Å². The van der Waals surface area contributed by atoms with Gasteiger partial charge in [0.05, 0.1) is 11.2 Å². The fourth-order valence-corrected chi connectivity index (χ4v) is 2.29. The largest absolute Gasteiger partial charge is 0.419 e. The van der Waals surface area contributed by atoms with Gasteiger partial charge >= 0.3 is 5.76 Å². The van der Waals surface area contributed by atoms with Gasteiger partial charge in [0.2, 0.25) is 0 Å². The first-order valence-electron chi connectivity index (χ1n) is 4.96. The maximum Gasteiger partial charge on any atom is 0.419 e. The maximum absolute atomic E-state index is 11.4. The van der Waals surface area contributed by atoms with Crippen LogP contribution in [0.3, 0.4) is 0 Å². The van der Waals surface area contributed by atoms with Crippen LogP contribution in [0, 0.1) is 0 Å². The van der Waals surface area contributed by atoms with Crippen LogP contribution in [0.4, 0.5) is 5.13 Å². The number of hydrogen-bond acceptors (Lipinski definition) is 5. The molecule has 0 aliphatic heterocycles. The Morgan fingerprint density at radius 1 is 1.47 bits per heavy atom. The van der Waals surface area contributed by atoms with Crippen molar-refractivity contribution in [3.8, 4) is 11.3 Å². The summed E-state index contributed by atoms with van der Waals surface area (Å²) in [6.45, 7) is 0. The van der Waals surface area contributed by atoms with Gasteiger partial charge in [0.1, 0.15) is 0 Å². The first-order chi connectivity index (χ1) is 8.15. The molecule has 0 aliphatic carbocycles. The third-order valence-electron chi connectivity index (χ3n) is 2.61. The summed E-state index contributed by atoms with van der Waals surface area (Å²) in [4.78, 5) is 15.5. The van der Waals surface area contributed by atoms with Gasteiger partial charge in [-0.15, -0.1) is 11.3 Å². The number of nitrogens with zero attached hydrogens (tertiary/aromatic N) is 2. The first kappa shape index (κ1) is 10.1. The molecule has 0 saturated carbocycles. The van der Waals surface area contributed by atoms with Gasteiger partial charge in [-0.2, -0.15) is 0 Å². The number of aryl methyl sites for hydroxylation is 1. The van der Waals surface area contributed by atoms with Crippen LogP contribution in [0.5, 0.6) is 0 Å².